The molecule has 0 unspecified atom stereocenters. The first kappa shape index (κ1) is 33.1. The molecule has 0 radical (unpaired) electrons. The number of hydrogen-bond acceptors (Lipinski definition) is 7. The summed E-state index contributed by atoms with van der Waals surface area (Å²) in [5.74, 6) is -2.61. The molecule has 3 atom stereocenters. The Morgan fingerprint density at radius 2 is 1.54 bits per heavy atom. The summed E-state index contributed by atoms with van der Waals surface area (Å²) in [4.78, 5) is 52.6. The fourth-order valence-electron chi connectivity index (χ4n) is 4.38. The van der Waals surface area contributed by atoms with Gasteiger partial charge in [0.15, 0.2) is 0 Å². The minimum atomic E-state index is -1.38. The van der Waals surface area contributed by atoms with Crippen LogP contribution in [0.3, 0.4) is 0 Å². The molecule has 41 heavy (non-hydrogen) atoms. The molecule has 2 N–H and O–H groups in total. The third-order valence-corrected chi connectivity index (χ3v) is 6.23. The number of esters is 1. The molecular weight excluding hydrogens is 528 g/mol. The van der Waals surface area contributed by atoms with E-state index in [4.69, 9.17) is 14.2 Å². The lowest BCUT2D eigenvalue weighted by Crippen LogP contribution is -2.50. The number of nitrogens with zero attached hydrogens (tertiary/aromatic N) is 1. The number of carboxylic acid groups (broad SMARTS) is 1. The number of rotatable bonds is 13. The third kappa shape index (κ3) is 11.1. The van der Waals surface area contributed by atoms with Gasteiger partial charge in [-0.05, 0) is 50.7 Å². The highest BCUT2D eigenvalue weighted by molar-refractivity contribution is 5.82. The summed E-state index contributed by atoms with van der Waals surface area (Å²) in [5, 5.41) is 12.6. The molecule has 10 heteroatoms. The van der Waals surface area contributed by atoms with Crippen molar-refractivity contribution in [3.05, 3.63) is 71.8 Å². The van der Waals surface area contributed by atoms with Crippen molar-refractivity contribution in [2.24, 2.45) is 5.92 Å². The smallest absolute Gasteiger partial charge is 0.410 e. The van der Waals surface area contributed by atoms with Gasteiger partial charge in [-0.25, -0.2) is 19.2 Å². The maximum atomic E-state index is 13.4. The van der Waals surface area contributed by atoms with E-state index in [1.807, 2.05) is 44.2 Å². The van der Waals surface area contributed by atoms with Crippen LogP contribution in [0.2, 0.25) is 0 Å². The lowest BCUT2D eigenvalue weighted by atomic mass is 9.88. The summed E-state index contributed by atoms with van der Waals surface area (Å²) in [7, 11) is 1.25. The first-order valence-corrected chi connectivity index (χ1v) is 13.6. The molecule has 0 saturated carbocycles. The zero-order valence-corrected chi connectivity index (χ0v) is 24.7. The van der Waals surface area contributed by atoms with Gasteiger partial charge in [0.25, 0.3) is 0 Å². The van der Waals surface area contributed by atoms with Gasteiger partial charge in [-0.3, -0.25) is 4.90 Å². The van der Waals surface area contributed by atoms with E-state index >= 15 is 0 Å². The largest absolute Gasteiger partial charge is 0.480 e. The van der Waals surface area contributed by atoms with Gasteiger partial charge in [-0.1, -0.05) is 74.5 Å². The maximum Gasteiger partial charge on any atom is 0.410 e. The Morgan fingerprint density at radius 1 is 0.951 bits per heavy atom. The Kier molecular flexibility index (Phi) is 12.6. The van der Waals surface area contributed by atoms with Gasteiger partial charge >= 0.3 is 24.1 Å². The first-order valence-electron chi connectivity index (χ1n) is 13.6. The Morgan fingerprint density at radius 3 is 2.05 bits per heavy atom. The summed E-state index contributed by atoms with van der Waals surface area (Å²) in [6.45, 7) is 8.82. The molecule has 0 aliphatic heterocycles. The monoisotopic (exact) mass is 570 g/mol. The Bertz CT molecular complexity index is 1130. The van der Waals surface area contributed by atoms with Crippen LogP contribution < -0.4 is 5.32 Å². The molecule has 224 valence electrons. The van der Waals surface area contributed by atoms with Crippen molar-refractivity contribution in [1.29, 1.82) is 0 Å². The van der Waals surface area contributed by atoms with Crippen LogP contribution in [0.25, 0.3) is 0 Å². The molecule has 0 aliphatic carbocycles. The standard InChI is InChI=1S/C31H42N2O8/c1-21(2)19-25(28(36)39-6)33(30(38)40-20-22-13-9-7-10-14-22)18-17-24(23-15-11-8-12-16-23)26(27(34)35)32-29(37)41-31(3,4)5/h7-16,21,24-26H,17-20H2,1-6H3,(H,32,37)(H,34,35)/t24-,25-,26-/m0/s1. The molecule has 0 spiro atoms. The van der Waals surface area contributed by atoms with Gasteiger partial charge in [0.05, 0.1) is 7.11 Å². The Labute approximate surface area is 242 Å². The second kappa shape index (κ2) is 15.6. The van der Waals surface area contributed by atoms with E-state index in [1.54, 1.807) is 51.1 Å². The predicted octanol–water partition coefficient (Wildman–Crippen LogP) is 5.36. The quantitative estimate of drug-likeness (QED) is 0.243. The van der Waals surface area contributed by atoms with E-state index in [1.165, 1.54) is 12.0 Å². The summed E-state index contributed by atoms with van der Waals surface area (Å²) in [5.41, 5.74) is 0.570. The summed E-state index contributed by atoms with van der Waals surface area (Å²) in [6, 6.07) is 15.6. The highest BCUT2D eigenvalue weighted by Crippen LogP contribution is 2.27. The van der Waals surface area contributed by atoms with Crippen molar-refractivity contribution in [3.8, 4) is 0 Å². The molecular formula is C31H42N2O8. The number of carbonyl (C=O) groups excluding carboxylic acids is 3. The van der Waals surface area contributed by atoms with Gasteiger partial charge in [0.1, 0.15) is 24.3 Å². The average molecular weight is 571 g/mol. The zero-order chi connectivity index (χ0) is 30.6. The fourth-order valence-corrected chi connectivity index (χ4v) is 4.38. The molecule has 0 bridgehead atoms. The van der Waals surface area contributed by atoms with E-state index in [2.05, 4.69) is 5.32 Å². The fraction of sp³-hybridized carbons (Fsp3) is 0.484. The van der Waals surface area contributed by atoms with Crippen LogP contribution in [-0.4, -0.2) is 65.5 Å². The van der Waals surface area contributed by atoms with Crippen molar-refractivity contribution in [2.75, 3.05) is 13.7 Å². The molecule has 0 aromatic heterocycles. The minimum Gasteiger partial charge on any atom is -0.480 e. The highest BCUT2D eigenvalue weighted by atomic mass is 16.6. The van der Waals surface area contributed by atoms with Gasteiger partial charge in [-0.15, -0.1) is 0 Å². The second-order valence-electron chi connectivity index (χ2n) is 11.2. The molecule has 0 aliphatic rings. The Hall–Kier alpha value is -4.08. The predicted molar refractivity (Wildman–Crippen MR) is 153 cm³/mol. The Balaban J connectivity index is 2.41. The second-order valence-corrected chi connectivity index (χ2v) is 11.2. The number of nitrogens with one attached hydrogen (secondary N) is 1. The highest BCUT2D eigenvalue weighted by Gasteiger charge is 2.37. The molecule has 0 fully saturated rings. The van der Waals surface area contributed by atoms with E-state index in [9.17, 15) is 24.3 Å². The first-order chi connectivity index (χ1) is 19.3. The average Bonchev–Trinajstić information content (AvgIpc) is 2.91. The van der Waals surface area contributed by atoms with Crippen molar-refractivity contribution in [3.63, 3.8) is 0 Å². The number of hydrogen-bond donors (Lipinski definition) is 2. The van der Waals surface area contributed by atoms with Crippen LogP contribution in [0.1, 0.15) is 64.5 Å². The van der Waals surface area contributed by atoms with Crippen molar-refractivity contribution in [1.82, 2.24) is 10.2 Å². The van der Waals surface area contributed by atoms with Gasteiger partial charge in [-0.2, -0.15) is 0 Å². The third-order valence-electron chi connectivity index (χ3n) is 6.23. The van der Waals surface area contributed by atoms with E-state index in [0.717, 1.165) is 5.56 Å². The van der Waals surface area contributed by atoms with Gasteiger partial charge in [0.2, 0.25) is 0 Å². The van der Waals surface area contributed by atoms with Crippen LogP contribution in [0.5, 0.6) is 0 Å². The topological polar surface area (TPSA) is 131 Å². The molecule has 0 saturated heterocycles. The number of alkyl carbamates (subject to hydrolysis) is 1. The van der Waals surface area contributed by atoms with Crippen molar-refractivity contribution in [2.45, 2.75) is 77.7 Å². The number of ether oxygens (including phenoxy) is 3. The number of amides is 2. The molecule has 10 nitrogen and oxygen atoms in total. The molecule has 2 aromatic rings. The van der Waals surface area contributed by atoms with Gasteiger partial charge in [0, 0.05) is 12.5 Å². The number of carbonyl (C=O) groups is 4. The van der Waals surface area contributed by atoms with Crippen LogP contribution in [-0.2, 0) is 30.4 Å². The van der Waals surface area contributed by atoms with Crippen LogP contribution in [0, 0.1) is 5.92 Å². The molecule has 2 aromatic carbocycles. The molecule has 0 heterocycles. The summed E-state index contributed by atoms with van der Waals surface area (Å²) >= 11 is 0. The lowest BCUT2D eigenvalue weighted by Gasteiger charge is -2.33. The number of benzene rings is 2. The van der Waals surface area contributed by atoms with Crippen molar-refractivity contribution < 1.29 is 38.5 Å². The molecule has 2 rings (SSSR count). The number of carboxylic acids is 1. The van der Waals surface area contributed by atoms with Crippen molar-refractivity contribution >= 4 is 24.1 Å². The SMILES string of the molecule is COC(=O)[C@H](CC(C)C)N(CC[C@@H](c1ccccc1)[C@H](NC(=O)OC(C)(C)C)C(=O)O)C(=O)OCc1ccccc1. The summed E-state index contributed by atoms with van der Waals surface area (Å²) < 4.78 is 15.9. The normalized spacial score (nSPS) is 13.4. The number of aliphatic carboxylic acids is 1. The zero-order valence-electron chi connectivity index (χ0n) is 24.7. The van der Waals surface area contributed by atoms with E-state index in [-0.39, 0.29) is 25.5 Å². The number of methoxy groups -OCH3 is 1. The summed E-state index contributed by atoms with van der Waals surface area (Å²) in [6.07, 6.45) is -1.22. The minimum absolute atomic E-state index is 0.00813. The maximum absolute atomic E-state index is 13.4. The van der Waals surface area contributed by atoms with Crippen LogP contribution >= 0.6 is 0 Å². The van der Waals surface area contributed by atoms with E-state index in [0.29, 0.717) is 12.0 Å². The van der Waals surface area contributed by atoms with Crippen LogP contribution in [0.15, 0.2) is 60.7 Å². The van der Waals surface area contributed by atoms with Gasteiger partial charge < -0.3 is 24.6 Å². The molecule has 2 amide bonds. The van der Waals surface area contributed by atoms with E-state index < -0.39 is 47.7 Å². The lowest BCUT2D eigenvalue weighted by molar-refractivity contribution is -0.147. The van der Waals surface area contributed by atoms with Crippen LogP contribution in [0.4, 0.5) is 9.59 Å².